The van der Waals surface area contributed by atoms with Gasteiger partial charge >= 0.3 is 5.97 Å². The van der Waals surface area contributed by atoms with Crippen LogP contribution in [0, 0.1) is 0 Å². The van der Waals surface area contributed by atoms with Crippen molar-refractivity contribution >= 4 is 17.6 Å². The monoisotopic (exact) mass is 336 g/mol. The van der Waals surface area contributed by atoms with E-state index in [1.165, 1.54) is 14.2 Å². The van der Waals surface area contributed by atoms with Gasteiger partial charge < -0.3 is 19.3 Å². The summed E-state index contributed by atoms with van der Waals surface area (Å²) < 4.78 is 15.9. The minimum atomic E-state index is -1.07. The first kappa shape index (κ1) is 17.0. The predicted molar refractivity (Wildman–Crippen MR) is 86.8 cm³/mol. The number of benzene rings is 2. The van der Waals surface area contributed by atoms with Crippen LogP contribution in [0.1, 0.15) is 5.56 Å². The standard InChI is InChI=1S/C17H17ClO5/c1-21-13-8-7-11(9-12(13)18)10-16(17(19)20)23-15-6-4-3-5-14(15)22-2/h3-9,16H,10H2,1-2H3,(H,19,20)/t16-/m1/s1. The smallest absolute Gasteiger partial charge is 0.345 e. The Kier molecular flexibility index (Phi) is 5.71. The highest BCUT2D eigenvalue weighted by Gasteiger charge is 2.22. The summed E-state index contributed by atoms with van der Waals surface area (Å²) in [6.07, 6.45) is -0.896. The summed E-state index contributed by atoms with van der Waals surface area (Å²) in [7, 11) is 3.02. The first-order valence-corrected chi connectivity index (χ1v) is 7.28. The van der Waals surface area contributed by atoms with E-state index in [1.54, 1.807) is 42.5 Å². The van der Waals surface area contributed by atoms with Crippen LogP contribution in [-0.4, -0.2) is 31.4 Å². The summed E-state index contributed by atoms with van der Waals surface area (Å²) in [5.74, 6) is 0.323. The predicted octanol–water partition coefficient (Wildman–Crippen LogP) is 3.43. The molecule has 122 valence electrons. The lowest BCUT2D eigenvalue weighted by atomic mass is 10.1. The lowest BCUT2D eigenvalue weighted by Crippen LogP contribution is -2.29. The molecule has 0 aliphatic carbocycles. The van der Waals surface area contributed by atoms with E-state index in [0.29, 0.717) is 22.3 Å². The van der Waals surface area contributed by atoms with Gasteiger partial charge in [0.15, 0.2) is 17.6 Å². The van der Waals surface area contributed by atoms with Crippen molar-refractivity contribution in [1.82, 2.24) is 0 Å². The van der Waals surface area contributed by atoms with Crippen LogP contribution >= 0.6 is 11.6 Å². The SMILES string of the molecule is COc1ccc(C[C@@H](Oc2ccccc2OC)C(=O)O)cc1Cl. The van der Waals surface area contributed by atoms with Gasteiger partial charge in [-0.15, -0.1) is 0 Å². The Bertz CT molecular complexity index is 686. The van der Waals surface area contributed by atoms with Crippen LogP contribution in [0.5, 0.6) is 17.2 Å². The number of ether oxygens (including phenoxy) is 3. The third kappa shape index (κ3) is 4.29. The fourth-order valence-electron chi connectivity index (χ4n) is 2.10. The molecule has 2 aromatic rings. The van der Waals surface area contributed by atoms with Crippen molar-refractivity contribution in [2.24, 2.45) is 0 Å². The highest BCUT2D eigenvalue weighted by Crippen LogP contribution is 2.29. The molecule has 0 aliphatic rings. The summed E-state index contributed by atoms with van der Waals surface area (Å²) in [4.78, 5) is 11.5. The third-order valence-electron chi connectivity index (χ3n) is 3.25. The van der Waals surface area contributed by atoms with Gasteiger partial charge in [0.05, 0.1) is 19.2 Å². The van der Waals surface area contributed by atoms with E-state index in [-0.39, 0.29) is 6.42 Å². The number of para-hydroxylation sites is 2. The molecule has 0 radical (unpaired) electrons. The van der Waals surface area contributed by atoms with Crippen molar-refractivity contribution in [2.45, 2.75) is 12.5 Å². The Morgan fingerprint density at radius 1 is 1.09 bits per heavy atom. The normalized spacial score (nSPS) is 11.6. The van der Waals surface area contributed by atoms with Gasteiger partial charge in [-0.25, -0.2) is 4.79 Å². The molecule has 0 spiro atoms. The van der Waals surface area contributed by atoms with Gasteiger partial charge in [-0.3, -0.25) is 0 Å². The van der Waals surface area contributed by atoms with E-state index in [0.717, 1.165) is 5.56 Å². The second-order valence-corrected chi connectivity index (χ2v) is 5.18. The number of hydrogen-bond donors (Lipinski definition) is 1. The average Bonchev–Trinajstić information content (AvgIpc) is 2.54. The van der Waals surface area contributed by atoms with Crippen molar-refractivity contribution < 1.29 is 24.1 Å². The molecule has 6 heteroatoms. The lowest BCUT2D eigenvalue weighted by molar-refractivity contribution is -0.145. The Morgan fingerprint density at radius 3 is 2.30 bits per heavy atom. The Hall–Kier alpha value is -2.40. The van der Waals surface area contributed by atoms with Crippen LogP contribution in [0.2, 0.25) is 5.02 Å². The minimum Gasteiger partial charge on any atom is -0.495 e. The number of rotatable bonds is 7. The summed E-state index contributed by atoms with van der Waals surface area (Å²) in [6.45, 7) is 0. The summed E-state index contributed by atoms with van der Waals surface area (Å²) in [5.41, 5.74) is 0.734. The summed E-state index contributed by atoms with van der Waals surface area (Å²) in [6, 6.07) is 12.0. The average molecular weight is 337 g/mol. The molecule has 2 aromatic carbocycles. The zero-order valence-corrected chi connectivity index (χ0v) is 13.5. The lowest BCUT2D eigenvalue weighted by Gasteiger charge is -2.17. The van der Waals surface area contributed by atoms with Crippen molar-refractivity contribution in [2.75, 3.05) is 14.2 Å². The molecule has 0 bridgehead atoms. The Balaban J connectivity index is 2.19. The Morgan fingerprint density at radius 2 is 1.74 bits per heavy atom. The van der Waals surface area contributed by atoms with Crippen molar-refractivity contribution in [1.29, 1.82) is 0 Å². The second-order valence-electron chi connectivity index (χ2n) is 4.77. The van der Waals surface area contributed by atoms with Crippen LogP contribution in [0.15, 0.2) is 42.5 Å². The quantitative estimate of drug-likeness (QED) is 0.839. The van der Waals surface area contributed by atoms with Crippen molar-refractivity contribution in [3.63, 3.8) is 0 Å². The molecule has 1 atom stereocenters. The van der Waals surface area contributed by atoms with E-state index < -0.39 is 12.1 Å². The number of aliphatic carboxylic acids is 1. The number of methoxy groups -OCH3 is 2. The molecule has 23 heavy (non-hydrogen) atoms. The molecule has 0 unspecified atom stereocenters. The van der Waals surface area contributed by atoms with Gasteiger partial charge in [0.25, 0.3) is 0 Å². The number of halogens is 1. The molecular formula is C17H17ClO5. The molecule has 0 saturated heterocycles. The van der Waals surface area contributed by atoms with Crippen LogP contribution in [-0.2, 0) is 11.2 Å². The van der Waals surface area contributed by atoms with Crippen LogP contribution in [0.3, 0.4) is 0 Å². The minimum absolute atomic E-state index is 0.164. The molecule has 0 aliphatic heterocycles. The van der Waals surface area contributed by atoms with E-state index in [4.69, 9.17) is 25.8 Å². The van der Waals surface area contributed by atoms with Crippen molar-refractivity contribution in [3.8, 4) is 17.2 Å². The maximum atomic E-state index is 11.5. The van der Waals surface area contributed by atoms with Crippen molar-refractivity contribution in [3.05, 3.63) is 53.1 Å². The van der Waals surface area contributed by atoms with Crippen LogP contribution in [0.25, 0.3) is 0 Å². The topological polar surface area (TPSA) is 65.0 Å². The number of carbonyl (C=O) groups is 1. The molecule has 0 amide bonds. The third-order valence-corrected chi connectivity index (χ3v) is 3.55. The first-order valence-electron chi connectivity index (χ1n) is 6.90. The summed E-state index contributed by atoms with van der Waals surface area (Å²) in [5, 5.41) is 9.83. The van der Waals surface area contributed by atoms with E-state index >= 15 is 0 Å². The number of hydrogen-bond acceptors (Lipinski definition) is 4. The molecule has 0 aromatic heterocycles. The zero-order chi connectivity index (χ0) is 16.8. The highest BCUT2D eigenvalue weighted by atomic mass is 35.5. The number of carboxylic acids is 1. The fourth-order valence-corrected chi connectivity index (χ4v) is 2.38. The van der Waals surface area contributed by atoms with Gasteiger partial charge in [0.2, 0.25) is 0 Å². The van der Waals surface area contributed by atoms with Crippen LogP contribution in [0.4, 0.5) is 0 Å². The molecule has 1 N–H and O–H groups in total. The Labute approximate surface area is 139 Å². The largest absolute Gasteiger partial charge is 0.495 e. The number of carboxylic acid groups (broad SMARTS) is 1. The maximum Gasteiger partial charge on any atom is 0.345 e. The van der Waals surface area contributed by atoms with E-state index in [2.05, 4.69) is 0 Å². The fraction of sp³-hybridized carbons (Fsp3) is 0.235. The molecule has 0 saturated carbocycles. The molecular weight excluding hydrogens is 320 g/mol. The van der Waals surface area contributed by atoms with Gasteiger partial charge in [0.1, 0.15) is 5.75 Å². The van der Waals surface area contributed by atoms with Gasteiger partial charge in [-0.05, 0) is 29.8 Å². The van der Waals surface area contributed by atoms with E-state index in [9.17, 15) is 9.90 Å². The summed E-state index contributed by atoms with van der Waals surface area (Å²) >= 11 is 6.07. The van der Waals surface area contributed by atoms with Gasteiger partial charge in [-0.2, -0.15) is 0 Å². The first-order chi connectivity index (χ1) is 11.0. The highest BCUT2D eigenvalue weighted by molar-refractivity contribution is 6.32. The maximum absolute atomic E-state index is 11.5. The second kappa shape index (κ2) is 7.74. The molecule has 0 heterocycles. The molecule has 2 rings (SSSR count). The molecule has 0 fully saturated rings. The van der Waals surface area contributed by atoms with Crippen LogP contribution < -0.4 is 14.2 Å². The van der Waals surface area contributed by atoms with Gasteiger partial charge in [-0.1, -0.05) is 29.8 Å². The van der Waals surface area contributed by atoms with E-state index in [1.807, 2.05) is 0 Å². The van der Waals surface area contributed by atoms with Gasteiger partial charge in [0, 0.05) is 6.42 Å². The molecule has 5 nitrogen and oxygen atoms in total. The zero-order valence-electron chi connectivity index (χ0n) is 12.8.